The zero-order chi connectivity index (χ0) is 24.6. The van der Waals surface area contributed by atoms with E-state index in [9.17, 15) is 13.2 Å². The summed E-state index contributed by atoms with van der Waals surface area (Å²) in [6.45, 7) is 4.65. The van der Waals surface area contributed by atoms with E-state index in [1.165, 1.54) is 18.2 Å². The number of aromatic nitrogens is 2. The molecule has 0 saturated carbocycles. The predicted octanol–water partition coefficient (Wildman–Crippen LogP) is 4.38. The molecule has 8 nitrogen and oxygen atoms in total. The number of rotatable bonds is 11. The highest BCUT2D eigenvalue weighted by molar-refractivity contribution is 7.90. The van der Waals surface area contributed by atoms with Crippen LogP contribution in [0.2, 0.25) is 5.02 Å². The van der Waals surface area contributed by atoms with E-state index in [0.29, 0.717) is 22.0 Å². The summed E-state index contributed by atoms with van der Waals surface area (Å²) in [6.07, 6.45) is 3.08. The average Bonchev–Trinajstić information content (AvgIpc) is 3.21. The number of ether oxygens (including phenoxy) is 1. The van der Waals surface area contributed by atoms with Crippen LogP contribution in [0, 0.1) is 0 Å². The van der Waals surface area contributed by atoms with Gasteiger partial charge in [0.05, 0.1) is 30.8 Å². The van der Waals surface area contributed by atoms with Gasteiger partial charge < -0.3 is 19.5 Å². The van der Waals surface area contributed by atoms with Crippen LogP contribution in [-0.2, 0) is 33.4 Å². The second-order valence-electron chi connectivity index (χ2n) is 7.53. The number of anilines is 1. The van der Waals surface area contributed by atoms with Crippen LogP contribution < -0.4 is 5.32 Å². The van der Waals surface area contributed by atoms with Crippen LogP contribution in [0.15, 0.2) is 78.6 Å². The quantitative estimate of drug-likeness (QED) is 0.393. The van der Waals surface area contributed by atoms with Gasteiger partial charge in [-0.15, -0.1) is 6.58 Å². The third-order valence-electron chi connectivity index (χ3n) is 4.96. The van der Waals surface area contributed by atoms with E-state index in [2.05, 4.69) is 16.9 Å². The summed E-state index contributed by atoms with van der Waals surface area (Å²) in [5.74, 6) is -0.178. The van der Waals surface area contributed by atoms with Crippen molar-refractivity contribution in [3.63, 3.8) is 0 Å². The summed E-state index contributed by atoms with van der Waals surface area (Å²) in [5.41, 5.74) is 1.77. The standard InChI is InChI=1S/C24H27ClN4O4S/c1-3-12-28(23(30)27-21-11-7-10-20(25)15-21)17-22-16-26-24(29(22)13-14-33-2)34(31,32)18-19-8-5-4-6-9-19/h3-11,15-16H,1,12-14,17-18H2,2H3,(H,27,30). The minimum Gasteiger partial charge on any atom is -0.383 e. The molecule has 0 bridgehead atoms. The van der Waals surface area contributed by atoms with E-state index in [0.717, 1.165) is 0 Å². The number of methoxy groups -OCH3 is 1. The van der Waals surface area contributed by atoms with E-state index in [4.69, 9.17) is 16.3 Å². The minimum absolute atomic E-state index is 0.0581. The average molecular weight is 503 g/mol. The van der Waals surface area contributed by atoms with Crippen molar-refractivity contribution in [3.05, 3.63) is 89.7 Å². The zero-order valence-corrected chi connectivity index (χ0v) is 20.4. The molecule has 0 fully saturated rings. The van der Waals surface area contributed by atoms with Gasteiger partial charge in [0.25, 0.3) is 0 Å². The van der Waals surface area contributed by atoms with Gasteiger partial charge in [-0.25, -0.2) is 18.2 Å². The molecule has 2 aromatic carbocycles. The molecular weight excluding hydrogens is 476 g/mol. The van der Waals surface area contributed by atoms with E-state index in [-0.39, 0.29) is 43.2 Å². The topological polar surface area (TPSA) is 93.5 Å². The van der Waals surface area contributed by atoms with E-state index < -0.39 is 9.84 Å². The maximum absolute atomic E-state index is 13.2. The van der Waals surface area contributed by atoms with Crippen LogP contribution >= 0.6 is 11.6 Å². The highest BCUT2D eigenvalue weighted by Gasteiger charge is 2.25. The van der Waals surface area contributed by atoms with Crippen LogP contribution in [0.4, 0.5) is 10.5 Å². The lowest BCUT2D eigenvalue weighted by atomic mass is 10.2. The smallest absolute Gasteiger partial charge is 0.322 e. The van der Waals surface area contributed by atoms with Gasteiger partial charge in [0, 0.05) is 30.9 Å². The molecule has 0 aliphatic heterocycles. The molecule has 0 atom stereocenters. The lowest BCUT2D eigenvalue weighted by Crippen LogP contribution is -2.35. The summed E-state index contributed by atoms with van der Waals surface area (Å²) in [4.78, 5) is 18.7. The summed E-state index contributed by atoms with van der Waals surface area (Å²) >= 11 is 6.01. The fourth-order valence-electron chi connectivity index (χ4n) is 3.39. The Morgan fingerprint density at radius 2 is 2.00 bits per heavy atom. The second kappa shape index (κ2) is 11.8. The lowest BCUT2D eigenvalue weighted by Gasteiger charge is -2.23. The number of imidazole rings is 1. The van der Waals surface area contributed by atoms with Crippen molar-refractivity contribution in [2.75, 3.05) is 25.6 Å². The number of urea groups is 1. The van der Waals surface area contributed by atoms with Gasteiger partial charge in [-0.05, 0) is 23.8 Å². The number of carbonyl (C=O) groups is 1. The van der Waals surface area contributed by atoms with Gasteiger partial charge in [-0.2, -0.15) is 0 Å². The molecular formula is C24H27ClN4O4S. The second-order valence-corrected chi connectivity index (χ2v) is 9.85. The highest BCUT2D eigenvalue weighted by Crippen LogP contribution is 2.20. The van der Waals surface area contributed by atoms with Crippen molar-refractivity contribution in [1.29, 1.82) is 0 Å². The Hall–Kier alpha value is -3.14. The molecule has 10 heteroatoms. The first-order valence-electron chi connectivity index (χ1n) is 10.6. The van der Waals surface area contributed by atoms with Crippen LogP contribution in [0.3, 0.4) is 0 Å². The zero-order valence-electron chi connectivity index (χ0n) is 18.9. The Morgan fingerprint density at radius 1 is 1.24 bits per heavy atom. The molecule has 0 radical (unpaired) electrons. The van der Waals surface area contributed by atoms with Crippen molar-refractivity contribution < 1.29 is 17.9 Å². The summed E-state index contributed by atoms with van der Waals surface area (Å²) in [7, 11) is -2.19. The van der Waals surface area contributed by atoms with Gasteiger partial charge in [-0.3, -0.25) is 0 Å². The summed E-state index contributed by atoms with van der Waals surface area (Å²) in [5, 5.41) is 3.24. The van der Waals surface area contributed by atoms with Crippen LogP contribution in [0.5, 0.6) is 0 Å². The maximum Gasteiger partial charge on any atom is 0.322 e. The van der Waals surface area contributed by atoms with Gasteiger partial charge in [0.2, 0.25) is 15.0 Å². The van der Waals surface area contributed by atoms with Crippen LogP contribution in [0.25, 0.3) is 0 Å². The number of amides is 2. The third kappa shape index (κ3) is 6.69. The fraction of sp³-hybridized carbons (Fsp3) is 0.250. The number of hydrogen-bond donors (Lipinski definition) is 1. The first-order valence-corrected chi connectivity index (χ1v) is 12.6. The Bertz CT molecular complexity index is 1230. The Morgan fingerprint density at radius 3 is 2.68 bits per heavy atom. The predicted molar refractivity (Wildman–Crippen MR) is 133 cm³/mol. The van der Waals surface area contributed by atoms with Gasteiger partial charge >= 0.3 is 6.03 Å². The molecule has 1 heterocycles. The number of benzene rings is 2. The molecule has 3 rings (SSSR count). The molecule has 1 N–H and O–H groups in total. The van der Waals surface area contributed by atoms with Crippen LogP contribution in [-0.4, -0.2) is 49.2 Å². The monoisotopic (exact) mass is 502 g/mol. The normalized spacial score (nSPS) is 11.2. The van der Waals surface area contributed by atoms with E-state index in [1.54, 1.807) is 59.2 Å². The molecule has 0 unspecified atom stereocenters. The van der Waals surface area contributed by atoms with Gasteiger partial charge in [-0.1, -0.05) is 54.1 Å². The lowest BCUT2D eigenvalue weighted by molar-refractivity contribution is 0.181. The van der Waals surface area contributed by atoms with Gasteiger partial charge in [0.15, 0.2) is 0 Å². The SMILES string of the molecule is C=CCN(Cc1cnc(S(=O)(=O)Cc2ccccc2)n1CCOC)C(=O)Nc1cccc(Cl)c1. The Balaban J connectivity index is 1.87. The molecule has 1 aromatic heterocycles. The van der Waals surface area contributed by atoms with Crippen molar-refractivity contribution >= 4 is 33.2 Å². The van der Waals surface area contributed by atoms with Crippen molar-refractivity contribution in [3.8, 4) is 0 Å². The number of hydrogen-bond acceptors (Lipinski definition) is 5. The van der Waals surface area contributed by atoms with Crippen LogP contribution in [0.1, 0.15) is 11.3 Å². The maximum atomic E-state index is 13.2. The number of carbonyl (C=O) groups excluding carboxylic acids is 1. The summed E-state index contributed by atoms with van der Waals surface area (Å²) in [6, 6.07) is 15.4. The number of halogens is 1. The molecule has 3 aromatic rings. The number of nitrogens with zero attached hydrogens (tertiary/aromatic N) is 3. The minimum atomic E-state index is -3.73. The van der Waals surface area contributed by atoms with Crippen molar-refractivity contribution in [1.82, 2.24) is 14.5 Å². The van der Waals surface area contributed by atoms with Crippen molar-refractivity contribution in [2.24, 2.45) is 0 Å². The fourth-order valence-corrected chi connectivity index (χ4v) is 5.09. The molecule has 0 aliphatic carbocycles. The summed E-state index contributed by atoms with van der Waals surface area (Å²) < 4.78 is 33.1. The van der Waals surface area contributed by atoms with Crippen molar-refractivity contribution in [2.45, 2.75) is 24.0 Å². The molecule has 34 heavy (non-hydrogen) atoms. The Labute approximate surface area is 204 Å². The molecule has 0 spiro atoms. The highest BCUT2D eigenvalue weighted by atomic mass is 35.5. The van der Waals surface area contributed by atoms with E-state index >= 15 is 0 Å². The molecule has 180 valence electrons. The third-order valence-corrected chi connectivity index (χ3v) is 6.79. The first-order chi connectivity index (χ1) is 16.3. The molecule has 2 amide bonds. The van der Waals surface area contributed by atoms with Gasteiger partial charge in [0.1, 0.15) is 0 Å². The van der Waals surface area contributed by atoms with E-state index in [1.807, 2.05) is 6.07 Å². The molecule has 0 aliphatic rings. The Kier molecular flexibility index (Phi) is 8.86. The number of nitrogens with one attached hydrogen (secondary N) is 1. The number of sulfone groups is 1. The first kappa shape index (κ1) is 25.5. The molecule has 0 saturated heterocycles. The largest absolute Gasteiger partial charge is 0.383 e.